The van der Waals surface area contributed by atoms with E-state index in [0.29, 0.717) is 5.02 Å². The monoisotopic (exact) mass is 358 g/mol. The van der Waals surface area contributed by atoms with Crippen LogP contribution in [0.2, 0.25) is 10.0 Å². The molecule has 8 heteroatoms. The number of carbonyl (C=O) groups is 3. The fourth-order valence-electron chi connectivity index (χ4n) is 1.76. The van der Waals surface area contributed by atoms with Gasteiger partial charge < -0.3 is 15.4 Å². The highest BCUT2D eigenvalue weighted by molar-refractivity contribution is 6.36. The van der Waals surface area contributed by atoms with Crippen molar-refractivity contribution in [3.05, 3.63) is 33.8 Å². The molecule has 0 heterocycles. The van der Waals surface area contributed by atoms with Crippen LogP contribution in [-0.2, 0) is 14.3 Å². The van der Waals surface area contributed by atoms with Crippen LogP contribution in [0.3, 0.4) is 0 Å². The molecule has 0 aromatic heterocycles. The molecule has 0 aliphatic heterocycles. The lowest BCUT2D eigenvalue weighted by molar-refractivity contribution is -0.153. The van der Waals surface area contributed by atoms with Crippen molar-refractivity contribution in [2.75, 3.05) is 6.54 Å². The first-order valence-electron chi connectivity index (χ1n) is 7.10. The van der Waals surface area contributed by atoms with Crippen LogP contribution in [0, 0.1) is 0 Å². The van der Waals surface area contributed by atoms with Gasteiger partial charge in [-0.25, -0.2) is 0 Å². The molecule has 1 fully saturated rings. The van der Waals surface area contributed by atoms with E-state index in [-0.39, 0.29) is 29.1 Å². The predicted molar refractivity (Wildman–Crippen MR) is 85.5 cm³/mol. The van der Waals surface area contributed by atoms with Gasteiger partial charge in [-0.1, -0.05) is 23.2 Å². The van der Waals surface area contributed by atoms with Gasteiger partial charge in [-0.05, 0) is 38.0 Å². The van der Waals surface area contributed by atoms with Crippen molar-refractivity contribution < 1.29 is 19.1 Å². The van der Waals surface area contributed by atoms with Crippen LogP contribution < -0.4 is 10.6 Å². The normalized spacial score (nSPS) is 14.7. The summed E-state index contributed by atoms with van der Waals surface area (Å²) in [5.74, 6) is -1.58. The van der Waals surface area contributed by atoms with Gasteiger partial charge in [0.15, 0.2) is 6.10 Å². The minimum Gasteiger partial charge on any atom is -0.451 e. The summed E-state index contributed by atoms with van der Waals surface area (Å²) in [5.41, 5.74) is 0.198. The Labute approximate surface area is 143 Å². The number of esters is 1. The van der Waals surface area contributed by atoms with Gasteiger partial charge in [0.2, 0.25) is 0 Å². The van der Waals surface area contributed by atoms with Crippen molar-refractivity contribution in [2.24, 2.45) is 0 Å². The Kier molecular flexibility index (Phi) is 5.85. The fraction of sp³-hybridized carbons (Fsp3) is 0.400. The number of ether oxygens (including phenoxy) is 1. The summed E-state index contributed by atoms with van der Waals surface area (Å²) in [5, 5.41) is 5.70. The summed E-state index contributed by atoms with van der Waals surface area (Å²) in [6.45, 7) is 1.12. The minimum absolute atomic E-state index is 0.181. The van der Waals surface area contributed by atoms with E-state index < -0.39 is 18.0 Å². The number of benzene rings is 1. The molecule has 1 aromatic carbocycles. The van der Waals surface area contributed by atoms with Gasteiger partial charge in [-0.2, -0.15) is 0 Å². The average Bonchev–Trinajstić information content (AvgIpc) is 3.28. The van der Waals surface area contributed by atoms with E-state index in [1.165, 1.54) is 25.1 Å². The Morgan fingerprint density at radius 2 is 2.00 bits per heavy atom. The zero-order chi connectivity index (χ0) is 17.0. The van der Waals surface area contributed by atoms with Crippen molar-refractivity contribution in [3.8, 4) is 0 Å². The van der Waals surface area contributed by atoms with E-state index in [9.17, 15) is 14.4 Å². The van der Waals surface area contributed by atoms with E-state index >= 15 is 0 Å². The zero-order valence-corrected chi connectivity index (χ0v) is 13.9. The maximum absolute atomic E-state index is 11.9. The quantitative estimate of drug-likeness (QED) is 0.761. The first kappa shape index (κ1) is 17.6. The SMILES string of the molecule is C[C@@H](OC(=O)CNC(=O)c1ccc(Cl)cc1Cl)C(=O)NC1CC1. The molecule has 2 rings (SSSR count). The molecule has 0 saturated heterocycles. The molecule has 23 heavy (non-hydrogen) atoms. The maximum atomic E-state index is 11.9. The van der Waals surface area contributed by atoms with E-state index in [0.717, 1.165) is 12.8 Å². The standard InChI is InChI=1S/C15H16Cl2N2O4/c1-8(14(21)19-10-3-4-10)23-13(20)7-18-15(22)11-5-2-9(16)6-12(11)17/h2,5-6,8,10H,3-4,7H2,1H3,(H,18,22)(H,19,21)/t8-/m1/s1. The third-order valence-corrected chi connectivity index (χ3v) is 3.72. The van der Waals surface area contributed by atoms with Crippen molar-refractivity contribution in [1.82, 2.24) is 10.6 Å². The van der Waals surface area contributed by atoms with E-state index in [1.54, 1.807) is 0 Å². The molecule has 6 nitrogen and oxygen atoms in total. The molecule has 124 valence electrons. The van der Waals surface area contributed by atoms with Crippen LogP contribution in [0.4, 0.5) is 0 Å². The number of amides is 2. The highest BCUT2D eigenvalue weighted by Crippen LogP contribution is 2.21. The molecule has 0 radical (unpaired) electrons. The van der Waals surface area contributed by atoms with Crippen LogP contribution in [0.1, 0.15) is 30.1 Å². The van der Waals surface area contributed by atoms with Gasteiger partial charge in [-0.3, -0.25) is 14.4 Å². The Morgan fingerprint density at radius 3 is 2.61 bits per heavy atom. The van der Waals surface area contributed by atoms with Crippen LogP contribution in [-0.4, -0.2) is 36.5 Å². The van der Waals surface area contributed by atoms with E-state index in [2.05, 4.69) is 10.6 Å². The highest BCUT2D eigenvalue weighted by Gasteiger charge is 2.27. The lowest BCUT2D eigenvalue weighted by Crippen LogP contribution is -2.39. The minimum atomic E-state index is -0.904. The number of nitrogens with one attached hydrogen (secondary N) is 2. The van der Waals surface area contributed by atoms with Crippen molar-refractivity contribution >= 4 is 41.0 Å². The molecular formula is C15H16Cl2N2O4. The van der Waals surface area contributed by atoms with Gasteiger partial charge in [0.05, 0.1) is 10.6 Å². The summed E-state index contributed by atoms with van der Waals surface area (Å²) >= 11 is 11.7. The molecule has 1 aliphatic rings. The second-order valence-corrected chi connectivity index (χ2v) is 6.07. The van der Waals surface area contributed by atoms with Gasteiger partial charge >= 0.3 is 5.97 Å². The van der Waals surface area contributed by atoms with Gasteiger partial charge in [0.1, 0.15) is 6.54 Å². The molecule has 1 aliphatic carbocycles. The zero-order valence-electron chi connectivity index (χ0n) is 12.4. The summed E-state index contributed by atoms with van der Waals surface area (Å²) in [4.78, 5) is 35.3. The fourth-order valence-corrected chi connectivity index (χ4v) is 2.25. The molecule has 2 amide bonds. The summed E-state index contributed by atoms with van der Waals surface area (Å²) in [6, 6.07) is 4.60. The van der Waals surface area contributed by atoms with Crippen molar-refractivity contribution in [1.29, 1.82) is 0 Å². The van der Waals surface area contributed by atoms with Crippen molar-refractivity contribution in [3.63, 3.8) is 0 Å². The lowest BCUT2D eigenvalue weighted by atomic mass is 10.2. The van der Waals surface area contributed by atoms with Crippen LogP contribution in [0.25, 0.3) is 0 Å². The molecule has 1 aromatic rings. The number of hydrogen-bond donors (Lipinski definition) is 2. The van der Waals surface area contributed by atoms with Gasteiger partial charge in [0.25, 0.3) is 11.8 Å². The molecule has 1 atom stereocenters. The topological polar surface area (TPSA) is 84.5 Å². The molecule has 0 unspecified atom stereocenters. The molecule has 0 bridgehead atoms. The van der Waals surface area contributed by atoms with Gasteiger partial charge in [0, 0.05) is 11.1 Å². The first-order valence-corrected chi connectivity index (χ1v) is 7.85. The van der Waals surface area contributed by atoms with Crippen LogP contribution >= 0.6 is 23.2 Å². The predicted octanol–water partition coefficient (Wildman–Crippen LogP) is 1.93. The summed E-state index contributed by atoms with van der Waals surface area (Å²) < 4.78 is 4.96. The van der Waals surface area contributed by atoms with E-state index in [1.807, 2.05) is 0 Å². The molecule has 0 spiro atoms. The second-order valence-electron chi connectivity index (χ2n) is 5.22. The second kappa shape index (κ2) is 7.66. The average molecular weight is 359 g/mol. The number of carbonyl (C=O) groups excluding carboxylic acids is 3. The highest BCUT2D eigenvalue weighted by atomic mass is 35.5. The van der Waals surface area contributed by atoms with Gasteiger partial charge in [-0.15, -0.1) is 0 Å². The Balaban J connectivity index is 1.78. The maximum Gasteiger partial charge on any atom is 0.326 e. The lowest BCUT2D eigenvalue weighted by Gasteiger charge is -2.13. The van der Waals surface area contributed by atoms with Crippen molar-refractivity contribution in [2.45, 2.75) is 31.9 Å². The number of halogens is 2. The molecule has 1 saturated carbocycles. The smallest absolute Gasteiger partial charge is 0.326 e. The largest absolute Gasteiger partial charge is 0.451 e. The Morgan fingerprint density at radius 1 is 1.30 bits per heavy atom. The summed E-state index contributed by atoms with van der Waals surface area (Å²) in [7, 11) is 0. The number of hydrogen-bond acceptors (Lipinski definition) is 4. The Bertz CT molecular complexity index is 632. The number of rotatable bonds is 6. The third-order valence-electron chi connectivity index (χ3n) is 3.17. The molecular weight excluding hydrogens is 343 g/mol. The third kappa shape index (κ3) is 5.41. The Hall–Kier alpha value is -1.79. The van der Waals surface area contributed by atoms with Crippen LogP contribution in [0.15, 0.2) is 18.2 Å². The summed E-state index contributed by atoms with van der Waals surface area (Å²) in [6.07, 6.45) is 0.994. The first-order chi connectivity index (χ1) is 10.9. The van der Waals surface area contributed by atoms with Crippen LogP contribution in [0.5, 0.6) is 0 Å². The van der Waals surface area contributed by atoms with E-state index in [4.69, 9.17) is 27.9 Å². The molecule has 2 N–H and O–H groups in total.